The zero-order chi connectivity index (χ0) is 22.4. The average molecular weight is 423 g/mol. The van der Waals surface area contributed by atoms with Crippen molar-refractivity contribution in [3.63, 3.8) is 0 Å². The highest BCUT2D eigenvalue weighted by Gasteiger charge is 2.37. The van der Waals surface area contributed by atoms with Crippen LogP contribution in [0.2, 0.25) is 0 Å². The van der Waals surface area contributed by atoms with Crippen molar-refractivity contribution in [2.45, 2.75) is 58.5 Å². The van der Waals surface area contributed by atoms with E-state index < -0.39 is 5.60 Å². The van der Waals surface area contributed by atoms with E-state index in [0.29, 0.717) is 31.7 Å². The van der Waals surface area contributed by atoms with Gasteiger partial charge in [0.15, 0.2) is 0 Å². The number of amides is 1. The molecule has 1 heterocycles. The lowest BCUT2D eigenvalue weighted by Crippen LogP contribution is -2.45. The number of carbonyl (C=O) groups is 1. The first-order valence-electron chi connectivity index (χ1n) is 10.6. The quantitative estimate of drug-likeness (QED) is 0.576. The summed E-state index contributed by atoms with van der Waals surface area (Å²) in [4.78, 5) is 14.4. The third kappa shape index (κ3) is 7.01. The van der Waals surface area contributed by atoms with Crippen molar-refractivity contribution in [3.8, 4) is 11.8 Å². The third-order valence-electron chi connectivity index (χ3n) is 5.04. The monoisotopic (exact) mass is 422 g/mol. The summed E-state index contributed by atoms with van der Waals surface area (Å²) in [7, 11) is 0. The molecule has 1 saturated heterocycles. The summed E-state index contributed by atoms with van der Waals surface area (Å²) in [5.74, 6) is 0.759. The number of ether oxygens (including phenoxy) is 3. The van der Waals surface area contributed by atoms with E-state index >= 15 is 0 Å². The number of hydrogen-bond acceptors (Lipinski definition) is 5. The minimum Gasteiger partial charge on any atom is -0.489 e. The number of carbonyl (C=O) groups excluding carboxylic acids is 1. The molecule has 0 saturated carbocycles. The van der Waals surface area contributed by atoms with Crippen LogP contribution in [-0.2, 0) is 22.5 Å². The number of hydrogen-bond donors (Lipinski definition) is 0. The normalized spacial score (nSPS) is 16.2. The van der Waals surface area contributed by atoms with Crippen LogP contribution in [0.25, 0.3) is 0 Å². The smallest absolute Gasteiger partial charge is 0.410 e. The summed E-state index contributed by atoms with van der Waals surface area (Å²) in [5, 5.41) is 8.99. The van der Waals surface area contributed by atoms with Gasteiger partial charge in [0, 0.05) is 6.54 Å². The Labute approximate surface area is 184 Å². The molecule has 2 aromatic rings. The van der Waals surface area contributed by atoms with Crippen LogP contribution in [-0.4, -0.2) is 41.9 Å². The molecule has 6 nitrogen and oxygen atoms in total. The van der Waals surface area contributed by atoms with Crippen molar-refractivity contribution in [2.24, 2.45) is 0 Å². The Morgan fingerprint density at radius 1 is 1.23 bits per heavy atom. The molecule has 0 spiro atoms. The minimum atomic E-state index is -0.537. The summed E-state index contributed by atoms with van der Waals surface area (Å²) in [6.07, 6.45) is 0.485. The first-order chi connectivity index (χ1) is 14.7. The molecule has 3 rings (SSSR count). The van der Waals surface area contributed by atoms with Crippen molar-refractivity contribution in [3.05, 3.63) is 65.2 Å². The molecule has 0 aliphatic carbocycles. The summed E-state index contributed by atoms with van der Waals surface area (Å²) in [6.45, 7) is 9.25. The highest BCUT2D eigenvalue weighted by molar-refractivity contribution is 5.68. The fraction of sp³-hybridized carbons (Fsp3) is 0.440. The van der Waals surface area contributed by atoms with Gasteiger partial charge < -0.3 is 19.1 Å². The third-order valence-corrected chi connectivity index (χ3v) is 5.04. The molecular formula is C25H30N2O4. The molecule has 31 heavy (non-hydrogen) atoms. The zero-order valence-corrected chi connectivity index (χ0v) is 18.6. The molecule has 2 atom stereocenters. The molecule has 1 aliphatic rings. The average Bonchev–Trinajstić information content (AvgIpc) is 3.57. The Hall–Kier alpha value is -3.04. The lowest BCUT2D eigenvalue weighted by atomic mass is 10.1. The van der Waals surface area contributed by atoms with Crippen LogP contribution in [0.3, 0.4) is 0 Å². The highest BCUT2D eigenvalue weighted by Crippen LogP contribution is 2.22. The summed E-state index contributed by atoms with van der Waals surface area (Å²) in [6, 6.07) is 17.4. The fourth-order valence-corrected chi connectivity index (χ4v) is 3.22. The molecule has 0 N–H and O–H groups in total. The van der Waals surface area contributed by atoms with Crippen LogP contribution >= 0.6 is 0 Å². The van der Waals surface area contributed by atoms with Crippen LogP contribution in [0.1, 0.15) is 44.4 Å². The number of nitriles is 1. The van der Waals surface area contributed by atoms with E-state index in [4.69, 9.17) is 19.5 Å². The summed E-state index contributed by atoms with van der Waals surface area (Å²) in [5.41, 5.74) is 2.14. The Kier molecular flexibility index (Phi) is 7.19. The zero-order valence-electron chi connectivity index (χ0n) is 18.6. The van der Waals surface area contributed by atoms with E-state index in [1.165, 1.54) is 0 Å². The maximum absolute atomic E-state index is 12.7. The van der Waals surface area contributed by atoms with Gasteiger partial charge in [-0.05, 0) is 69.5 Å². The number of nitrogens with zero attached hydrogens (tertiary/aromatic N) is 2. The molecule has 1 fully saturated rings. The van der Waals surface area contributed by atoms with Crippen molar-refractivity contribution >= 4 is 6.09 Å². The van der Waals surface area contributed by atoms with E-state index in [2.05, 4.69) is 6.07 Å². The number of epoxide rings is 1. The second-order valence-electron chi connectivity index (χ2n) is 8.78. The van der Waals surface area contributed by atoms with E-state index in [0.717, 1.165) is 16.9 Å². The second-order valence-corrected chi connectivity index (χ2v) is 8.78. The summed E-state index contributed by atoms with van der Waals surface area (Å²) < 4.78 is 16.8. The Bertz CT molecular complexity index is 924. The van der Waals surface area contributed by atoms with Gasteiger partial charge in [-0.15, -0.1) is 0 Å². The Morgan fingerprint density at radius 3 is 2.55 bits per heavy atom. The van der Waals surface area contributed by atoms with Crippen molar-refractivity contribution < 1.29 is 19.0 Å². The molecule has 0 unspecified atom stereocenters. The van der Waals surface area contributed by atoms with Crippen LogP contribution in [0, 0.1) is 11.3 Å². The Morgan fingerprint density at radius 2 is 1.94 bits per heavy atom. The molecule has 0 bridgehead atoms. The molecular weight excluding hydrogens is 392 g/mol. The largest absolute Gasteiger partial charge is 0.489 e. The maximum Gasteiger partial charge on any atom is 0.410 e. The van der Waals surface area contributed by atoms with Gasteiger partial charge >= 0.3 is 6.09 Å². The van der Waals surface area contributed by atoms with Gasteiger partial charge in [0.2, 0.25) is 0 Å². The van der Waals surface area contributed by atoms with Crippen LogP contribution in [0.15, 0.2) is 48.5 Å². The van der Waals surface area contributed by atoms with Gasteiger partial charge in [-0.1, -0.05) is 24.3 Å². The summed E-state index contributed by atoms with van der Waals surface area (Å²) >= 11 is 0. The molecule has 1 amide bonds. The van der Waals surface area contributed by atoms with Crippen molar-refractivity contribution in [2.75, 3.05) is 13.2 Å². The highest BCUT2D eigenvalue weighted by atomic mass is 16.6. The van der Waals surface area contributed by atoms with Gasteiger partial charge in [0.05, 0.1) is 24.3 Å². The van der Waals surface area contributed by atoms with Gasteiger partial charge in [0.1, 0.15) is 24.1 Å². The van der Waals surface area contributed by atoms with Gasteiger partial charge in [0.25, 0.3) is 0 Å². The Balaban J connectivity index is 1.56. The first kappa shape index (κ1) is 22.6. The SMILES string of the molecule is C[C@@H]([C@@H]1CO1)N(CCc1ccc(OCc2cccc(C#N)c2)cc1)C(=O)OC(C)(C)C. The van der Waals surface area contributed by atoms with Crippen molar-refractivity contribution in [1.82, 2.24) is 4.90 Å². The van der Waals surface area contributed by atoms with Gasteiger partial charge in [-0.3, -0.25) is 0 Å². The second kappa shape index (κ2) is 9.84. The van der Waals surface area contributed by atoms with Crippen molar-refractivity contribution in [1.29, 1.82) is 5.26 Å². The first-order valence-corrected chi connectivity index (χ1v) is 10.6. The minimum absolute atomic E-state index is 0.0263. The number of rotatable bonds is 8. The topological polar surface area (TPSA) is 75.1 Å². The lowest BCUT2D eigenvalue weighted by Gasteiger charge is -2.31. The number of benzene rings is 2. The van der Waals surface area contributed by atoms with Gasteiger partial charge in [-0.2, -0.15) is 5.26 Å². The molecule has 1 aliphatic heterocycles. The molecule has 0 aromatic heterocycles. The van der Waals surface area contributed by atoms with Crippen LogP contribution in [0.4, 0.5) is 4.79 Å². The predicted octanol–water partition coefficient (Wildman–Crippen LogP) is 4.70. The standard InChI is InChI=1S/C25H30N2O4/c1-18(23-17-30-23)27(24(28)31-25(2,3)4)13-12-19-8-10-22(11-9-19)29-16-21-7-5-6-20(14-21)15-26/h5-11,14,18,23H,12-13,16-17H2,1-4H3/t18-,23-/m0/s1. The van der Waals surface area contributed by atoms with Crippen LogP contribution < -0.4 is 4.74 Å². The van der Waals surface area contributed by atoms with E-state index in [1.54, 1.807) is 11.0 Å². The molecule has 2 aromatic carbocycles. The van der Waals surface area contributed by atoms with E-state index in [1.807, 2.05) is 70.2 Å². The molecule has 0 radical (unpaired) electrons. The molecule has 164 valence electrons. The fourth-order valence-electron chi connectivity index (χ4n) is 3.22. The van der Waals surface area contributed by atoms with E-state index in [-0.39, 0.29) is 18.2 Å². The molecule has 6 heteroatoms. The van der Waals surface area contributed by atoms with E-state index in [9.17, 15) is 4.79 Å². The predicted molar refractivity (Wildman–Crippen MR) is 118 cm³/mol. The maximum atomic E-state index is 12.7. The van der Waals surface area contributed by atoms with Crippen LogP contribution in [0.5, 0.6) is 5.75 Å². The van der Waals surface area contributed by atoms with Gasteiger partial charge in [-0.25, -0.2) is 4.79 Å². The lowest BCUT2D eigenvalue weighted by molar-refractivity contribution is 0.0152.